The Morgan fingerprint density at radius 1 is 1.27 bits per heavy atom. The molecule has 0 aliphatic rings. The standard InChI is InChI=1S/C20H23N2O3S/c1-16-21(2)12-13-22(16)11-7-14-25-19(23)20(24,18-10-6-15-26-18)17-8-4-3-5-9-17/h3-6,8-10,12-13,15,24H,7,11,14H2,1-2H3/q+1. The molecule has 0 fully saturated rings. The van der Waals surface area contributed by atoms with Crippen LogP contribution in [0.15, 0.2) is 60.2 Å². The Hall–Kier alpha value is -2.44. The van der Waals surface area contributed by atoms with Crippen molar-refractivity contribution in [3.8, 4) is 0 Å². The molecule has 0 saturated heterocycles. The molecule has 1 atom stereocenters. The normalized spacial score (nSPS) is 13.3. The van der Waals surface area contributed by atoms with Crippen LogP contribution in [0.25, 0.3) is 0 Å². The highest BCUT2D eigenvalue weighted by Gasteiger charge is 2.42. The molecular weight excluding hydrogens is 348 g/mol. The first-order chi connectivity index (χ1) is 12.5. The average Bonchev–Trinajstić information content (AvgIpc) is 3.31. The van der Waals surface area contributed by atoms with Gasteiger partial charge in [-0.15, -0.1) is 11.3 Å². The van der Waals surface area contributed by atoms with Gasteiger partial charge < -0.3 is 9.84 Å². The van der Waals surface area contributed by atoms with Gasteiger partial charge in [0.15, 0.2) is 0 Å². The summed E-state index contributed by atoms with van der Waals surface area (Å²) >= 11 is 1.34. The van der Waals surface area contributed by atoms with Crippen LogP contribution in [0.1, 0.15) is 22.7 Å². The third kappa shape index (κ3) is 3.57. The van der Waals surface area contributed by atoms with Gasteiger partial charge in [0, 0.05) is 18.9 Å². The van der Waals surface area contributed by atoms with Crippen molar-refractivity contribution in [2.45, 2.75) is 25.5 Å². The van der Waals surface area contributed by atoms with Crippen molar-refractivity contribution in [2.24, 2.45) is 7.05 Å². The molecule has 26 heavy (non-hydrogen) atoms. The number of carbonyl (C=O) groups is 1. The maximum Gasteiger partial charge on any atom is 0.348 e. The van der Waals surface area contributed by atoms with E-state index in [1.807, 2.05) is 48.4 Å². The van der Waals surface area contributed by atoms with E-state index in [1.165, 1.54) is 11.3 Å². The van der Waals surface area contributed by atoms with Gasteiger partial charge in [-0.25, -0.2) is 13.9 Å². The molecule has 6 heteroatoms. The molecule has 1 unspecified atom stereocenters. The second-order valence-electron chi connectivity index (χ2n) is 6.19. The van der Waals surface area contributed by atoms with Crippen LogP contribution in [-0.4, -0.2) is 22.2 Å². The molecule has 1 aromatic carbocycles. The smallest absolute Gasteiger partial charge is 0.348 e. The SMILES string of the molecule is Cc1n(CCCOC(=O)C(O)(c2ccccc2)c2cccs2)cc[n+]1C. The van der Waals surface area contributed by atoms with Crippen molar-refractivity contribution in [3.63, 3.8) is 0 Å². The Bertz CT molecular complexity index is 859. The Kier molecular flexibility index (Phi) is 5.54. The van der Waals surface area contributed by atoms with Gasteiger partial charge in [-0.2, -0.15) is 0 Å². The Balaban J connectivity index is 1.68. The highest BCUT2D eigenvalue weighted by molar-refractivity contribution is 7.10. The monoisotopic (exact) mass is 371 g/mol. The second kappa shape index (κ2) is 7.85. The predicted molar refractivity (Wildman–Crippen MR) is 99.7 cm³/mol. The van der Waals surface area contributed by atoms with Crippen LogP contribution in [-0.2, 0) is 28.7 Å². The van der Waals surface area contributed by atoms with Gasteiger partial charge in [0.1, 0.15) is 12.4 Å². The van der Waals surface area contributed by atoms with E-state index in [9.17, 15) is 9.90 Å². The number of esters is 1. The summed E-state index contributed by atoms with van der Waals surface area (Å²) in [5, 5.41) is 13.0. The zero-order valence-electron chi connectivity index (χ0n) is 15.0. The van der Waals surface area contributed by atoms with Crippen LogP contribution in [0.2, 0.25) is 0 Å². The maximum absolute atomic E-state index is 12.8. The van der Waals surface area contributed by atoms with E-state index in [4.69, 9.17) is 4.74 Å². The minimum Gasteiger partial charge on any atom is -0.463 e. The van der Waals surface area contributed by atoms with Crippen molar-refractivity contribution in [1.29, 1.82) is 0 Å². The summed E-state index contributed by atoms with van der Waals surface area (Å²) in [6, 6.07) is 12.5. The first-order valence-electron chi connectivity index (χ1n) is 8.54. The zero-order valence-corrected chi connectivity index (χ0v) is 15.8. The number of imidazole rings is 1. The molecule has 0 spiro atoms. The number of aryl methyl sites for hydroxylation is 2. The summed E-state index contributed by atoms with van der Waals surface area (Å²) in [6.45, 7) is 3.04. The van der Waals surface area contributed by atoms with Crippen molar-refractivity contribution >= 4 is 17.3 Å². The lowest BCUT2D eigenvalue weighted by atomic mass is 9.92. The van der Waals surface area contributed by atoms with Gasteiger partial charge in [-0.3, -0.25) is 0 Å². The number of thiophene rings is 1. The molecule has 3 aromatic rings. The third-order valence-corrected chi connectivity index (χ3v) is 5.52. The molecular formula is C20H23N2O3S+. The topological polar surface area (TPSA) is 55.3 Å². The number of hydrogen-bond donors (Lipinski definition) is 1. The molecule has 136 valence electrons. The highest BCUT2D eigenvalue weighted by Crippen LogP contribution is 2.34. The largest absolute Gasteiger partial charge is 0.463 e. The first-order valence-corrected chi connectivity index (χ1v) is 9.42. The summed E-state index contributed by atoms with van der Waals surface area (Å²) in [5.74, 6) is 0.497. The van der Waals surface area contributed by atoms with E-state index in [0.29, 0.717) is 16.9 Å². The molecule has 0 saturated carbocycles. The van der Waals surface area contributed by atoms with E-state index in [0.717, 1.165) is 12.4 Å². The Morgan fingerprint density at radius 2 is 2.04 bits per heavy atom. The van der Waals surface area contributed by atoms with Gasteiger partial charge in [0.25, 0.3) is 5.82 Å². The van der Waals surface area contributed by atoms with E-state index in [2.05, 4.69) is 4.57 Å². The molecule has 2 aromatic heterocycles. The number of aromatic nitrogens is 2. The zero-order chi connectivity index (χ0) is 18.6. The third-order valence-electron chi connectivity index (χ3n) is 4.54. The predicted octanol–water partition coefficient (Wildman–Crippen LogP) is 2.55. The summed E-state index contributed by atoms with van der Waals surface area (Å²) < 4.78 is 9.60. The van der Waals surface area contributed by atoms with Crippen LogP contribution in [0.3, 0.4) is 0 Å². The lowest BCUT2D eigenvalue weighted by Crippen LogP contribution is -2.38. The molecule has 0 aliphatic heterocycles. The van der Waals surface area contributed by atoms with Gasteiger partial charge >= 0.3 is 5.97 Å². The molecule has 0 bridgehead atoms. The lowest BCUT2D eigenvalue weighted by molar-refractivity contribution is -0.677. The number of aliphatic hydroxyl groups is 1. The van der Waals surface area contributed by atoms with E-state index in [1.54, 1.807) is 30.3 Å². The number of carbonyl (C=O) groups excluding carboxylic acids is 1. The number of benzene rings is 1. The molecule has 0 radical (unpaired) electrons. The first kappa shape index (κ1) is 18.4. The van der Waals surface area contributed by atoms with E-state index < -0.39 is 11.6 Å². The number of nitrogens with zero attached hydrogens (tertiary/aromatic N) is 2. The van der Waals surface area contributed by atoms with Gasteiger partial charge in [-0.1, -0.05) is 36.4 Å². The Morgan fingerprint density at radius 3 is 2.65 bits per heavy atom. The minimum atomic E-state index is -1.77. The molecule has 0 amide bonds. The molecule has 2 heterocycles. The second-order valence-corrected chi connectivity index (χ2v) is 7.14. The van der Waals surface area contributed by atoms with Crippen LogP contribution in [0, 0.1) is 6.92 Å². The van der Waals surface area contributed by atoms with Gasteiger partial charge in [-0.05, 0) is 11.4 Å². The summed E-state index contributed by atoms with van der Waals surface area (Å²) in [7, 11) is 1.99. The summed E-state index contributed by atoms with van der Waals surface area (Å²) in [4.78, 5) is 13.3. The van der Waals surface area contributed by atoms with E-state index in [-0.39, 0.29) is 6.61 Å². The maximum atomic E-state index is 12.8. The van der Waals surface area contributed by atoms with Crippen molar-refractivity contribution < 1.29 is 19.2 Å². The minimum absolute atomic E-state index is 0.251. The molecule has 0 aliphatic carbocycles. The van der Waals surface area contributed by atoms with E-state index >= 15 is 0 Å². The summed E-state index contributed by atoms with van der Waals surface area (Å²) in [6.07, 6.45) is 4.67. The van der Waals surface area contributed by atoms with Crippen molar-refractivity contribution in [1.82, 2.24) is 4.57 Å². The molecule has 1 N–H and O–H groups in total. The Labute approximate surface area is 157 Å². The number of hydrogen-bond acceptors (Lipinski definition) is 4. The number of rotatable bonds is 7. The van der Waals surface area contributed by atoms with Crippen LogP contribution in [0.4, 0.5) is 0 Å². The van der Waals surface area contributed by atoms with Gasteiger partial charge in [0.05, 0.1) is 25.1 Å². The van der Waals surface area contributed by atoms with Crippen molar-refractivity contribution in [2.75, 3.05) is 6.61 Å². The van der Waals surface area contributed by atoms with Gasteiger partial charge in [0.2, 0.25) is 5.60 Å². The quantitative estimate of drug-likeness (QED) is 0.395. The lowest BCUT2D eigenvalue weighted by Gasteiger charge is -2.25. The van der Waals surface area contributed by atoms with Crippen LogP contribution in [0.5, 0.6) is 0 Å². The fraction of sp³-hybridized carbons (Fsp3) is 0.300. The molecule has 5 nitrogen and oxygen atoms in total. The average molecular weight is 371 g/mol. The summed E-state index contributed by atoms with van der Waals surface area (Å²) in [5.41, 5.74) is -1.26. The van der Waals surface area contributed by atoms with Crippen LogP contribution < -0.4 is 4.57 Å². The van der Waals surface area contributed by atoms with Crippen molar-refractivity contribution in [3.05, 3.63) is 76.5 Å². The fourth-order valence-electron chi connectivity index (χ4n) is 2.86. The van der Waals surface area contributed by atoms with Crippen LogP contribution >= 0.6 is 11.3 Å². The molecule has 3 rings (SSSR count). The number of ether oxygens (including phenoxy) is 1. The highest BCUT2D eigenvalue weighted by atomic mass is 32.1. The fourth-order valence-corrected chi connectivity index (χ4v) is 3.70.